The van der Waals surface area contributed by atoms with Crippen LogP contribution in [-0.2, 0) is 6.54 Å². The molecule has 1 fully saturated rings. The first kappa shape index (κ1) is 20.4. The Labute approximate surface area is 182 Å². The van der Waals surface area contributed by atoms with Crippen molar-refractivity contribution in [3.63, 3.8) is 0 Å². The van der Waals surface area contributed by atoms with Crippen molar-refractivity contribution in [2.75, 3.05) is 31.1 Å². The highest BCUT2D eigenvalue weighted by Crippen LogP contribution is 2.30. The highest BCUT2D eigenvalue weighted by Gasteiger charge is 2.30. The van der Waals surface area contributed by atoms with Crippen LogP contribution in [0.25, 0.3) is 22.3 Å². The van der Waals surface area contributed by atoms with Gasteiger partial charge in [-0.15, -0.1) is 0 Å². The topological polar surface area (TPSA) is 94.1 Å². The van der Waals surface area contributed by atoms with Crippen molar-refractivity contribution in [1.29, 1.82) is 0 Å². The van der Waals surface area contributed by atoms with Crippen LogP contribution in [0, 0.1) is 11.6 Å². The second kappa shape index (κ2) is 8.56. The average Bonchev–Trinajstić information content (AvgIpc) is 3.35. The van der Waals surface area contributed by atoms with E-state index < -0.39 is 11.6 Å². The third kappa shape index (κ3) is 3.90. The molecule has 1 aliphatic heterocycles. The van der Waals surface area contributed by atoms with E-state index in [0.29, 0.717) is 42.2 Å². The molecule has 10 heteroatoms. The summed E-state index contributed by atoms with van der Waals surface area (Å²) in [6, 6.07) is 5.14. The number of nitrogens with one attached hydrogen (secondary N) is 1. The number of hydrogen-bond donors (Lipinski definition) is 2. The van der Waals surface area contributed by atoms with E-state index in [1.165, 1.54) is 12.1 Å². The molecule has 0 saturated carbocycles. The lowest BCUT2D eigenvalue weighted by molar-refractivity contribution is 0.104. The van der Waals surface area contributed by atoms with Crippen LogP contribution in [0.3, 0.4) is 0 Å². The molecule has 1 saturated heterocycles. The van der Waals surface area contributed by atoms with Gasteiger partial charge >= 0.3 is 0 Å². The van der Waals surface area contributed by atoms with Gasteiger partial charge in [0.25, 0.3) is 0 Å². The lowest BCUT2D eigenvalue weighted by Gasteiger charge is -2.41. The number of aromatic nitrogens is 5. The van der Waals surface area contributed by atoms with E-state index in [9.17, 15) is 13.9 Å². The van der Waals surface area contributed by atoms with Crippen LogP contribution in [0.15, 0.2) is 49.1 Å². The van der Waals surface area contributed by atoms with E-state index >= 15 is 0 Å². The Morgan fingerprint density at radius 1 is 1.09 bits per heavy atom. The predicted molar refractivity (Wildman–Crippen MR) is 115 cm³/mol. The quantitative estimate of drug-likeness (QED) is 0.495. The first-order valence-corrected chi connectivity index (χ1v) is 10.3. The van der Waals surface area contributed by atoms with Crippen LogP contribution in [0.4, 0.5) is 14.6 Å². The molecule has 5 rings (SSSR count). The third-order valence-electron chi connectivity index (χ3n) is 5.72. The molecule has 0 bridgehead atoms. The molecule has 1 unspecified atom stereocenters. The SMILES string of the molecule is OCC1CN(c2nc3ccncc3nc2-c2cn[nH]c2)CCN1Cc1ccc(F)cc1F. The zero-order valence-corrected chi connectivity index (χ0v) is 17.1. The van der Waals surface area contributed by atoms with Crippen LogP contribution in [0.5, 0.6) is 0 Å². The largest absolute Gasteiger partial charge is 0.395 e. The Bertz CT molecular complexity index is 1230. The van der Waals surface area contributed by atoms with Crippen molar-refractivity contribution >= 4 is 16.9 Å². The summed E-state index contributed by atoms with van der Waals surface area (Å²) in [6.45, 7) is 1.84. The number of piperazine rings is 1. The fourth-order valence-electron chi connectivity index (χ4n) is 4.03. The summed E-state index contributed by atoms with van der Waals surface area (Å²) >= 11 is 0. The van der Waals surface area contributed by atoms with Gasteiger partial charge in [-0.2, -0.15) is 5.10 Å². The maximum absolute atomic E-state index is 14.2. The Morgan fingerprint density at radius 3 is 2.78 bits per heavy atom. The maximum Gasteiger partial charge on any atom is 0.156 e. The summed E-state index contributed by atoms with van der Waals surface area (Å²) < 4.78 is 27.4. The van der Waals surface area contributed by atoms with Gasteiger partial charge in [-0.25, -0.2) is 18.7 Å². The number of benzene rings is 1. The summed E-state index contributed by atoms with van der Waals surface area (Å²) in [5.74, 6) is -0.497. The Balaban J connectivity index is 1.44. The van der Waals surface area contributed by atoms with E-state index in [4.69, 9.17) is 9.97 Å². The van der Waals surface area contributed by atoms with E-state index in [0.717, 1.165) is 17.1 Å². The normalized spacial score (nSPS) is 17.2. The molecule has 0 amide bonds. The van der Waals surface area contributed by atoms with Crippen molar-refractivity contribution in [2.24, 2.45) is 0 Å². The molecule has 4 aromatic rings. The van der Waals surface area contributed by atoms with Gasteiger partial charge in [0.2, 0.25) is 0 Å². The third-order valence-corrected chi connectivity index (χ3v) is 5.72. The lowest BCUT2D eigenvalue weighted by Crippen LogP contribution is -2.54. The number of pyridine rings is 1. The number of aliphatic hydroxyl groups excluding tert-OH is 1. The maximum atomic E-state index is 14.2. The lowest BCUT2D eigenvalue weighted by atomic mass is 10.1. The highest BCUT2D eigenvalue weighted by molar-refractivity contribution is 5.82. The molecule has 164 valence electrons. The minimum atomic E-state index is -0.605. The Kier molecular flexibility index (Phi) is 5.46. The van der Waals surface area contributed by atoms with Gasteiger partial charge in [-0.3, -0.25) is 15.0 Å². The minimum absolute atomic E-state index is 0.106. The molecule has 3 aromatic heterocycles. The summed E-state index contributed by atoms with van der Waals surface area (Å²) in [4.78, 5) is 17.8. The molecule has 0 spiro atoms. The number of rotatable bonds is 5. The molecule has 1 aromatic carbocycles. The molecule has 4 heterocycles. The summed E-state index contributed by atoms with van der Waals surface area (Å²) in [6.07, 6.45) is 6.78. The summed E-state index contributed by atoms with van der Waals surface area (Å²) in [7, 11) is 0. The number of fused-ring (bicyclic) bond motifs is 1. The average molecular weight is 437 g/mol. The van der Waals surface area contributed by atoms with Crippen LogP contribution in [-0.4, -0.2) is 67.4 Å². The summed E-state index contributed by atoms with van der Waals surface area (Å²) in [5.41, 5.74) is 3.27. The number of nitrogens with zero attached hydrogens (tertiary/aromatic N) is 6. The van der Waals surface area contributed by atoms with E-state index in [2.05, 4.69) is 20.1 Å². The smallest absolute Gasteiger partial charge is 0.156 e. The number of aromatic amines is 1. The van der Waals surface area contributed by atoms with Crippen LogP contribution >= 0.6 is 0 Å². The number of aliphatic hydroxyl groups is 1. The van der Waals surface area contributed by atoms with Gasteiger partial charge in [0, 0.05) is 55.8 Å². The van der Waals surface area contributed by atoms with Gasteiger partial charge in [-0.05, 0) is 12.1 Å². The number of anilines is 1. The number of hydrogen-bond acceptors (Lipinski definition) is 7. The van der Waals surface area contributed by atoms with Crippen LogP contribution in [0.2, 0.25) is 0 Å². The number of halogens is 2. The number of H-pyrrole nitrogens is 1. The van der Waals surface area contributed by atoms with Gasteiger partial charge in [0.05, 0.1) is 30.6 Å². The first-order valence-electron chi connectivity index (χ1n) is 10.3. The molecular weight excluding hydrogens is 416 g/mol. The van der Waals surface area contributed by atoms with E-state index in [1.54, 1.807) is 24.8 Å². The summed E-state index contributed by atoms with van der Waals surface area (Å²) in [5, 5.41) is 16.9. The molecule has 2 N–H and O–H groups in total. The van der Waals surface area contributed by atoms with Gasteiger partial charge < -0.3 is 10.0 Å². The van der Waals surface area contributed by atoms with Crippen molar-refractivity contribution in [3.05, 3.63) is 66.3 Å². The van der Waals surface area contributed by atoms with E-state index in [1.807, 2.05) is 11.0 Å². The first-order chi connectivity index (χ1) is 15.6. The Hall–Kier alpha value is -3.50. The standard InChI is InChI=1S/C22H21F2N7O/c23-16-2-1-14(18(24)7-16)11-30-5-6-31(12-17(30)13-32)22-21(15-8-26-27-9-15)28-20-10-25-4-3-19(20)29-22/h1-4,7-10,17,32H,5-6,11-13H2,(H,26,27). The van der Waals surface area contributed by atoms with Crippen molar-refractivity contribution in [1.82, 2.24) is 30.0 Å². The van der Waals surface area contributed by atoms with Crippen LogP contribution in [0.1, 0.15) is 5.56 Å². The van der Waals surface area contributed by atoms with E-state index in [-0.39, 0.29) is 19.2 Å². The van der Waals surface area contributed by atoms with Gasteiger partial charge in [0.1, 0.15) is 22.8 Å². The second-order valence-electron chi connectivity index (χ2n) is 7.74. The zero-order valence-electron chi connectivity index (χ0n) is 17.1. The molecule has 0 aliphatic carbocycles. The minimum Gasteiger partial charge on any atom is -0.395 e. The predicted octanol–water partition coefficient (Wildman–Crippen LogP) is 2.38. The van der Waals surface area contributed by atoms with Crippen molar-refractivity contribution < 1.29 is 13.9 Å². The molecule has 1 aliphatic rings. The van der Waals surface area contributed by atoms with Crippen molar-refractivity contribution in [3.8, 4) is 11.3 Å². The van der Waals surface area contributed by atoms with Crippen molar-refractivity contribution in [2.45, 2.75) is 12.6 Å². The zero-order chi connectivity index (χ0) is 22.1. The fourth-order valence-corrected chi connectivity index (χ4v) is 4.03. The Morgan fingerprint density at radius 2 is 2.00 bits per heavy atom. The molecule has 1 atom stereocenters. The molecule has 32 heavy (non-hydrogen) atoms. The van der Waals surface area contributed by atoms with Gasteiger partial charge in [0.15, 0.2) is 5.82 Å². The molecule has 0 radical (unpaired) electrons. The molecular formula is C22H21F2N7O. The highest BCUT2D eigenvalue weighted by atomic mass is 19.1. The van der Waals surface area contributed by atoms with Gasteiger partial charge in [-0.1, -0.05) is 6.07 Å². The van der Waals surface area contributed by atoms with Crippen LogP contribution < -0.4 is 4.90 Å². The monoisotopic (exact) mass is 437 g/mol. The second-order valence-corrected chi connectivity index (χ2v) is 7.74. The fraction of sp³-hybridized carbons (Fsp3) is 0.273. The molecule has 8 nitrogen and oxygen atoms in total.